The van der Waals surface area contributed by atoms with Gasteiger partial charge >= 0.3 is 0 Å². The molecule has 0 fully saturated rings. The standard InChI is InChI=1S/C15H17Cl/c1-3-4-6-11-15(12-13(2)16)14-9-7-5-8-10-14/h5-12H,2-4H2,1H3/b11-6-,15-12+. The molecule has 84 valence electrons. The SMILES string of the molecule is C=C(Cl)/C=C(\C=C/CCC)c1ccccc1. The van der Waals surface area contributed by atoms with Crippen LogP contribution in [0.15, 0.2) is 60.2 Å². The molecule has 0 radical (unpaired) electrons. The van der Waals surface area contributed by atoms with Crippen molar-refractivity contribution in [2.24, 2.45) is 0 Å². The molecule has 0 nitrogen and oxygen atoms in total. The third-order valence-electron chi connectivity index (χ3n) is 2.17. The average molecular weight is 233 g/mol. The van der Waals surface area contributed by atoms with E-state index in [2.05, 4.69) is 37.8 Å². The fourth-order valence-electron chi connectivity index (χ4n) is 1.40. The monoisotopic (exact) mass is 232 g/mol. The summed E-state index contributed by atoms with van der Waals surface area (Å²) in [5.41, 5.74) is 2.27. The molecule has 1 aromatic rings. The highest BCUT2D eigenvalue weighted by Crippen LogP contribution is 2.19. The molecule has 0 spiro atoms. The van der Waals surface area contributed by atoms with Crippen LogP contribution in [0, 0.1) is 0 Å². The Morgan fingerprint density at radius 1 is 1.31 bits per heavy atom. The zero-order valence-electron chi connectivity index (χ0n) is 9.62. The maximum Gasteiger partial charge on any atom is 0.0340 e. The lowest BCUT2D eigenvalue weighted by Gasteiger charge is -2.02. The fourth-order valence-corrected chi connectivity index (χ4v) is 1.52. The first kappa shape index (κ1) is 12.8. The van der Waals surface area contributed by atoms with Crippen molar-refractivity contribution >= 4 is 17.2 Å². The highest BCUT2D eigenvalue weighted by Gasteiger charge is 1.96. The van der Waals surface area contributed by atoms with Crippen molar-refractivity contribution in [2.45, 2.75) is 19.8 Å². The molecule has 0 saturated heterocycles. The molecule has 0 atom stereocenters. The Bertz CT molecular complexity index is 385. The topological polar surface area (TPSA) is 0 Å². The Morgan fingerprint density at radius 2 is 2.00 bits per heavy atom. The summed E-state index contributed by atoms with van der Waals surface area (Å²) in [7, 11) is 0. The van der Waals surface area contributed by atoms with E-state index >= 15 is 0 Å². The van der Waals surface area contributed by atoms with Crippen LogP contribution in [0.5, 0.6) is 0 Å². The highest BCUT2D eigenvalue weighted by molar-refractivity contribution is 6.31. The van der Waals surface area contributed by atoms with E-state index in [0.29, 0.717) is 5.03 Å². The molecular weight excluding hydrogens is 216 g/mol. The van der Waals surface area contributed by atoms with E-state index in [0.717, 1.165) is 24.0 Å². The van der Waals surface area contributed by atoms with Gasteiger partial charge in [-0.25, -0.2) is 0 Å². The molecule has 1 heteroatoms. The van der Waals surface area contributed by atoms with Crippen molar-refractivity contribution in [3.8, 4) is 0 Å². The number of rotatable bonds is 5. The third kappa shape index (κ3) is 4.50. The van der Waals surface area contributed by atoms with Gasteiger partial charge in [-0.2, -0.15) is 0 Å². The van der Waals surface area contributed by atoms with Gasteiger partial charge < -0.3 is 0 Å². The summed E-state index contributed by atoms with van der Waals surface area (Å²) in [4.78, 5) is 0. The van der Waals surface area contributed by atoms with E-state index in [9.17, 15) is 0 Å². The minimum atomic E-state index is 0.556. The van der Waals surface area contributed by atoms with Crippen LogP contribution < -0.4 is 0 Å². The zero-order chi connectivity index (χ0) is 11.8. The lowest BCUT2D eigenvalue weighted by molar-refractivity contribution is 0.959. The van der Waals surface area contributed by atoms with Crippen LogP contribution in [-0.4, -0.2) is 0 Å². The third-order valence-corrected chi connectivity index (χ3v) is 2.28. The van der Waals surface area contributed by atoms with Crippen LogP contribution in [0.3, 0.4) is 0 Å². The van der Waals surface area contributed by atoms with Crippen LogP contribution >= 0.6 is 11.6 Å². The lowest BCUT2D eigenvalue weighted by atomic mass is 10.0. The Morgan fingerprint density at radius 3 is 2.56 bits per heavy atom. The van der Waals surface area contributed by atoms with Gasteiger partial charge in [-0.1, -0.05) is 74.0 Å². The van der Waals surface area contributed by atoms with E-state index < -0.39 is 0 Å². The Labute approximate surface area is 103 Å². The summed E-state index contributed by atoms with van der Waals surface area (Å²) in [6, 6.07) is 10.2. The first-order chi connectivity index (χ1) is 7.74. The molecule has 0 aliphatic carbocycles. The summed E-state index contributed by atoms with van der Waals surface area (Å²) < 4.78 is 0. The predicted molar refractivity (Wildman–Crippen MR) is 73.5 cm³/mol. The van der Waals surface area contributed by atoms with Gasteiger partial charge in [-0.15, -0.1) is 0 Å². The van der Waals surface area contributed by atoms with Crippen LogP contribution in [0.25, 0.3) is 5.57 Å². The van der Waals surface area contributed by atoms with Crippen molar-refractivity contribution in [1.82, 2.24) is 0 Å². The quantitative estimate of drug-likeness (QED) is 0.614. The minimum Gasteiger partial charge on any atom is -0.0850 e. The number of allylic oxidation sites excluding steroid dienone is 5. The summed E-state index contributed by atoms with van der Waals surface area (Å²) in [5, 5.41) is 0.556. The fraction of sp³-hybridized carbons (Fsp3) is 0.200. The van der Waals surface area contributed by atoms with Crippen molar-refractivity contribution in [3.05, 3.63) is 65.7 Å². The molecule has 0 saturated carbocycles. The number of hydrogen-bond acceptors (Lipinski definition) is 0. The van der Waals surface area contributed by atoms with E-state index in [-0.39, 0.29) is 0 Å². The van der Waals surface area contributed by atoms with Gasteiger partial charge in [-0.05, 0) is 23.6 Å². The van der Waals surface area contributed by atoms with E-state index in [1.165, 1.54) is 0 Å². The Hall–Kier alpha value is -1.27. The molecule has 0 bridgehead atoms. The molecule has 0 amide bonds. The average Bonchev–Trinajstić information content (AvgIpc) is 2.29. The molecule has 0 aliphatic rings. The molecular formula is C15H17Cl. The van der Waals surface area contributed by atoms with Crippen molar-refractivity contribution < 1.29 is 0 Å². The second kappa shape index (κ2) is 7.08. The number of hydrogen-bond donors (Lipinski definition) is 0. The predicted octanol–water partition coefficient (Wildman–Crippen LogP) is 5.18. The summed E-state index contributed by atoms with van der Waals surface area (Å²) in [6.45, 7) is 5.87. The van der Waals surface area contributed by atoms with Gasteiger partial charge in [0, 0.05) is 5.03 Å². The van der Waals surface area contributed by atoms with Crippen LogP contribution in [0.1, 0.15) is 25.3 Å². The maximum absolute atomic E-state index is 5.83. The highest BCUT2D eigenvalue weighted by atomic mass is 35.5. The zero-order valence-corrected chi connectivity index (χ0v) is 10.4. The van der Waals surface area contributed by atoms with Crippen LogP contribution in [-0.2, 0) is 0 Å². The lowest BCUT2D eigenvalue weighted by Crippen LogP contribution is -1.80. The van der Waals surface area contributed by atoms with Gasteiger partial charge in [0.15, 0.2) is 0 Å². The van der Waals surface area contributed by atoms with E-state index in [4.69, 9.17) is 11.6 Å². The number of unbranched alkanes of at least 4 members (excludes halogenated alkanes) is 1. The number of benzene rings is 1. The van der Waals surface area contributed by atoms with Crippen LogP contribution in [0.2, 0.25) is 0 Å². The molecule has 16 heavy (non-hydrogen) atoms. The summed E-state index contributed by atoms with van der Waals surface area (Å²) >= 11 is 5.83. The summed E-state index contributed by atoms with van der Waals surface area (Å²) in [6.07, 6.45) is 8.40. The van der Waals surface area contributed by atoms with E-state index in [1.807, 2.05) is 24.3 Å². The Kier molecular flexibility index (Phi) is 5.66. The molecule has 1 rings (SSSR count). The molecule has 1 aromatic carbocycles. The largest absolute Gasteiger partial charge is 0.0850 e. The normalized spacial score (nSPS) is 12.0. The smallest absolute Gasteiger partial charge is 0.0340 e. The van der Waals surface area contributed by atoms with Gasteiger partial charge in [0.25, 0.3) is 0 Å². The summed E-state index contributed by atoms with van der Waals surface area (Å²) in [5.74, 6) is 0. The van der Waals surface area contributed by atoms with Crippen molar-refractivity contribution in [1.29, 1.82) is 0 Å². The molecule has 0 N–H and O–H groups in total. The van der Waals surface area contributed by atoms with Gasteiger partial charge in [0.1, 0.15) is 0 Å². The molecule has 0 aromatic heterocycles. The van der Waals surface area contributed by atoms with Crippen LogP contribution in [0.4, 0.5) is 0 Å². The second-order valence-corrected chi connectivity index (χ2v) is 4.09. The minimum absolute atomic E-state index is 0.556. The van der Waals surface area contributed by atoms with Gasteiger partial charge in [0.2, 0.25) is 0 Å². The molecule has 0 heterocycles. The molecule has 0 aliphatic heterocycles. The van der Waals surface area contributed by atoms with Crippen molar-refractivity contribution in [3.63, 3.8) is 0 Å². The van der Waals surface area contributed by atoms with E-state index in [1.54, 1.807) is 0 Å². The van der Waals surface area contributed by atoms with Gasteiger partial charge in [-0.3, -0.25) is 0 Å². The first-order valence-electron chi connectivity index (χ1n) is 5.52. The Balaban J connectivity index is 2.93. The molecule has 0 unspecified atom stereocenters. The maximum atomic E-state index is 5.83. The second-order valence-electron chi connectivity index (χ2n) is 3.60. The van der Waals surface area contributed by atoms with Gasteiger partial charge in [0.05, 0.1) is 0 Å². The number of halogens is 1. The first-order valence-corrected chi connectivity index (χ1v) is 5.90. The van der Waals surface area contributed by atoms with Crippen molar-refractivity contribution in [2.75, 3.05) is 0 Å².